The van der Waals surface area contributed by atoms with Crippen molar-refractivity contribution in [3.8, 4) is 0 Å². The van der Waals surface area contributed by atoms with Crippen molar-refractivity contribution in [2.24, 2.45) is 0 Å². The molecule has 0 aliphatic heterocycles. The maximum Gasteiger partial charge on any atom is 0.122 e. The van der Waals surface area contributed by atoms with Crippen LogP contribution in [0.2, 0.25) is 0 Å². The van der Waals surface area contributed by atoms with E-state index in [-0.39, 0.29) is 0 Å². The van der Waals surface area contributed by atoms with Crippen LogP contribution in [0.1, 0.15) is 37.0 Å². The minimum Gasteiger partial charge on any atom is -0.468 e. The van der Waals surface area contributed by atoms with Crippen molar-refractivity contribution in [1.82, 2.24) is 10.2 Å². The molecule has 1 aromatic rings. The van der Waals surface area contributed by atoms with Gasteiger partial charge in [0.1, 0.15) is 5.76 Å². The van der Waals surface area contributed by atoms with Gasteiger partial charge in [0.2, 0.25) is 0 Å². The van der Waals surface area contributed by atoms with Crippen molar-refractivity contribution < 1.29 is 4.42 Å². The number of furan rings is 1. The van der Waals surface area contributed by atoms with Gasteiger partial charge in [-0.1, -0.05) is 0 Å². The lowest BCUT2D eigenvalue weighted by Gasteiger charge is -2.15. The average Bonchev–Trinajstić information content (AvgIpc) is 3.16. The van der Waals surface area contributed by atoms with Crippen molar-refractivity contribution in [2.75, 3.05) is 7.05 Å². The molecule has 0 radical (unpaired) electrons. The molecule has 1 aromatic heterocycles. The van der Waals surface area contributed by atoms with Crippen LogP contribution in [0.15, 0.2) is 16.7 Å². The molecule has 0 saturated heterocycles. The van der Waals surface area contributed by atoms with Crippen LogP contribution >= 0.6 is 0 Å². The highest BCUT2D eigenvalue weighted by molar-refractivity contribution is 5.17. The van der Waals surface area contributed by atoms with Crippen LogP contribution < -0.4 is 5.32 Å². The van der Waals surface area contributed by atoms with Gasteiger partial charge in [-0.2, -0.15) is 0 Å². The first kappa shape index (κ1) is 10.4. The van der Waals surface area contributed by atoms with E-state index in [1.807, 2.05) is 6.26 Å². The lowest BCUT2D eigenvalue weighted by atomic mass is 10.2. The zero-order valence-corrected chi connectivity index (χ0v) is 9.91. The van der Waals surface area contributed by atoms with E-state index in [4.69, 9.17) is 4.42 Å². The van der Waals surface area contributed by atoms with Gasteiger partial charge < -0.3 is 9.73 Å². The van der Waals surface area contributed by atoms with E-state index in [9.17, 15) is 0 Å². The maximum atomic E-state index is 5.55. The molecule has 2 saturated carbocycles. The molecule has 3 heteroatoms. The molecule has 0 amide bonds. The first-order chi connectivity index (χ1) is 7.83. The molecule has 2 fully saturated rings. The fourth-order valence-corrected chi connectivity index (χ4v) is 2.10. The van der Waals surface area contributed by atoms with E-state index in [1.165, 1.54) is 31.2 Å². The van der Waals surface area contributed by atoms with Crippen molar-refractivity contribution in [3.63, 3.8) is 0 Å². The molecule has 0 atom stereocenters. The largest absolute Gasteiger partial charge is 0.468 e. The van der Waals surface area contributed by atoms with E-state index in [1.54, 1.807) is 0 Å². The average molecular weight is 220 g/mol. The predicted octanol–water partition coefficient (Wildman–Crippen LogP) is 2.13. The van der Waals surface area contributed by atoms with Crippen molar-refractivity contribution in [3.05, 3.63) is 23.7 Å². The number of nitrogens with one attached hydrogen (secondary N) is 1. The quantitative estimate of drug-likeness (QED) is 0.796. The Morgan fingerprint density at radius 2 is 2.19 bits per heavy atom. The van der Waals surface area contributed by atoms with Crippen molar-refractivity contribution >= 4 is 0 Å². The maximum absolute atomic E-state index is 5.55. The molecule has 88 valence electrons. The Bertz CT molecular complexity index is 353. The zero-order chi connectivity index (χ0) is 11.0. The predicted molar refractivity (Wildman–Crippen MR) is 63.1 cm³/mol. The van der Waals surface area contributed by atoms with Gasteiger partial charge in [0.15, 0.2) is 0 Å². The summed E-state index contributed by atoms with van der Waals surface area (Å²) in [6.45, 7) is 1.92. The van der Waals surface area contributed by atoms with Crippen LogP contribution in [0, 0.1) is 0 Å². The van der Waals surface area contributed by atoms with Gasteiger partial charge in [-0.25, -0.2) is 0 Å². The molecule has 0 bridgehead atoms. The minimum absolute atomic E-state index is 0.749. The minimum atomic E-state index is 0.749. The molecule has 3 rings (SSSR count). The van der Waals surface area contributed by atoms with E-state index >= 15 is 0 Å². The highest BCUT2D eigenvalue weighted by Gasteiger charge is 2.27. The highest BCUT2D eigenvalue weighted by atomic mass is 16.3. The summed E-state index contributed by atoms with van der Waals surface area (Å²) >= 11 is 0. The van der Waals surface area contributed by atoms with Crippen LogP contribution in [0.4, 0.5) is 0 Å². The molecule has 2 aliphatic carbocycles. The third-order valence-electron chi connectivity index (χ3n) is 3.56. The third-order valence-corrected chi connectivity index (χ3v) is 3.56. The smallest absolute Gasteiger partial charge is 0.122 e. The molecule has 0 aromatic carbocycles. The fourth-order valence-electron chi connectivity index (χ4n) is 2.10. The molecule has 0 unspecified atom stereocenters. The number of hydrogen-bond acceptors (Lipinski definition) is 3. The summed E-state index contributed by atoms with van der Waals surface area (Å²) in [4.78, 5) is 2.44. The van der Waals surface area contributed by atoms with Crippen LogP contribution in [-0.4, -0.2) is 24.0 Å². The standard InChI is InChI=1S/C13H20N2O/c1-15(12-4-5-12)9-10-6-7-16-13(10)8-14-11-2-3-11/h6-7,11-12,14H,2-5,8-9H2,1H3. The van der Waals surface area contributed by atoms with Crippen LogP contribution in [0.3, 0.4) is 0 Å². The molecular weight excluding hydrogens is 200 g/mol. The van der Waals surface area contributed by atoms with Gasteiger partial charge in [-0.05, 0) is 38.8 Å². The highest BCUT2D eigenvalue weighted by Crippen LogP contribution is 2.27. The van der Waals surface area contributed by atoms with Crippen molar-refractivity contribution in [1.29, 1.82) is 0 Å². The normalized spacial score (nSPS) is 20.6. The molecular formula is C13H20N2O. The van der Waals surface area contributed by atoms with Gasteiger partial charge >= 0.3 is 0 Å². The summed E-state index contributed by atoms with van der Waals surface area (Å²) in [6, 6.07) is 3.68. The summed E-state index contributed by atoms with van der Waals surface area (Å²) in [7, 11) is 2.21. The van der Waals surface area contributed by atoms with Crippen LogP contribution in [0.5, 0.6) is 0 Å². The first-order valence-corrected chi connectivity index (χ1v) is 6.32. The Kier molecular flexibility index (Phi) is 2.74. The first-order valence-electron chi connectivity index (χ1n) is 6.32. The Morgan fingerprint density at radius 1 is 1.38 bits per heavy atom. The summed E-state index contributed by atoms with van der Waals surface area (Å²) in [5, 5.41) is 3.51. The molecule has 16 heavy (non-hydrogen) atoms. The lowest BCUT2D eigenvalue weighted by molar-refractivity contribution is 0.312. The molecule has 1 heterocycles. The molecule has 3 nitrogen and oxygen atoms in total. The van der Waals surface area contributed by atoms with E-state index in [0.29, 0.717) is 0 Å². The Hall–Kier alpha value is -0.800. The monoisotopic (exact) mass is 220 g/mol. The van der Waals surface area contributed by atoms with Gasteiger partial charge in [0.05, 0.1) is 12.8 Å². The third kappa shape index (κ3) is 2.47. The molecule has 1 N–H and O–H groups in total. The van der Waals surface area contributed by atoms with Crippen LogP contribution in [-0.2, 0) is 13.1 Å². The molecule has 2 aliphatic rings. The van der Waals surface area contributed by atoms with E-state index in [0.717, 1.165) is 30.9 Å². The van der Waals surface area contributed by atoms with E-state index in [2.05, 4.69) is 23.3 Å². The zero-order valence-electron chi connectivity index (χ0n) is 9.91. The van der Waals surface area contributed by atoms with Crippen molar-refractivity contribution in [2.45, 2.75) is 50.9 Å². The van der Waals surface area contributed by atoms with Gasteiger partial charge in [-0.15, -0.1) is 0 Å². The summed E-state index contributed by atoms with van der Waals surface area (Å²) < 4.78 is 5.55. The van der Waals surface area contributed by atoms with Gasteiger partial charge in [0, 0.05) is 24.2 Å². The van der Waals surface area contributed by atoms with Gasteiger partial charge in [0.25, 0.3) is 0 Å². The second-order valence-electron chi connectivity index (χ2n) is 5.17. The Balaban J connectivity index is 1.57. The molecule has 0 spiro atoms. The number of hydrogen-bond donors (Lipinski definition) is 1. The summed E-state index contributed by atoms with van der Waals surface area (Å²) in [5.41, 5.74) is 1.35. The summed E-state index contributed by atoms with van der Waals surface area (Å²) in [5.74, 6) is 1.12. The SMILES string of the molecule is CN(Cc1ccoc1CNC1CC1)C1CC1. The second kappa shape index (κ2) is 4.22. The Morgan fingerprint density at radius 3 is 2.88 bits per heavy atom. The summed E-state index contributed by atoms with van der Waals surface area (Å²) in [6.07, 6.45) is 7.21. The Labute approximate surface area is 96.8 Å². The van der Waals surface area contributed by atoms with Gasteiger partial charge in [-0.3, -0.25) is 4.90 Å². The van der Waals surface area contributed by atoms with Crippen LogP contribution in [0.25, 0.3) is 0 Å². The number of nitrogens with zero attached hydrogens (tertiary/aromatic N) is 1. The van der Waals surface area contributed by atoms with E-state index < -0.39 is 0 Å². The lowest BCUT2D eigenvalue weighted by Crippen LogP contribution is -2.21. The second-order valence-corrected chi connectivity index (χ2v) is 5.17. The topological polar surface area (TPSA) is 28.4 Å². The number of rotatable bonds is 6. The fraction of sp³-hybridized carbons (Fsp3) is 0.692.